The number of hydrogen-bond donors (Lipinski definition) is 0. The third kappa shape index (κ3) is 3.16. The van der Waals surface area contributed by atoms with E-state index in [-0.39, 0.29) is 5.41 Å². The minimum absolute atomic E-state index is 0.167. The normalized spacial score (nSPS) is 11.5. The van der Waals surface area contributed by atoms with Crippen LogP contribution in [0.2, 0.25) is 0 Å². The molecule has 0 fully saturated rings. The van der Waals surface area contributed by atoms with E-state index < -0.39 is 0 Å². The molecule has 0 atom stereocenters. The Labute approximate surface area is 121 Å². The van der Waals surface area contributed by atoms with Gasteiger partial charge in [-0.05, 0) is 17.9 Å². The molecule has 20 heavy (non-hydrogen) atoms. The molecule has 0 aliphatic heterocycles. The average molecular weight is 269 g/mol. The first kappa shape index (κ1) is 14.5. The van der Waals surface area contributed by atoms with E-state index >= 15 is 0 Å². The molecule has 0 aliphatic carbocycles. The molecule has 0 saturated heterocycles. The summed E-state index contributed by atoms with van der Waals surface area (Å²) in [7, 11) is 3.99. The molecule has 0 radical (unpaired) electrons. The largest absolute Gasteiger partial charge is 0.363 e. The predicted octanol–water partition coefficient (Wildman–Crippen LogP) is 3.82. The van der Waals surface area contributed by atoms with Gasteiger partial charge in [-0.25, -0.2) is 9.97 Å². The van der Waals surface area contributed by atoms with Gasteiger partial charge in [0.25, 0.3) is 0 Å². The number of anilines is 1. The Morgan fingerprint density at radius 2 is 1.55 bits per heavy atom. The Morgan fingerprint density at radius 3 is 2.05 bits per heavy atom. The summed E-state index contributed by atoms with van der Waals surface area (Å²) in [5, 5.41) is 0. The molecule has 0 spiro atoms. The molecule has 0 amide bonds. The van der Waals surface area contributed by atoms with Crippen molar-refractivity contribution >= 4 is 5.82 Å². The van der Waals surface area contributed by atoms with Crippen LogP contribution < -0.4 is 4.90 Å². The van der Waals surface area contributed by atoms with Gasteiger partial charge < -0.3 is 4.90 Å². The molecule has 0 saturated carbocycles. The van der Waals surface area contributed by atoms with Crippen molar-refractivity contribution in [3.05, 3.63) is 41.6 Å². The summed E-state index contributed by atoms with van der Waals surface area (Å²) in [6.45, 7) is 8.65. The van der Waals surface area contributed by atoms with Crippen molar-refractivity contribution in [2.45, 2.75) is 33.1 Å². The van der Waals surface area contributed by atoms with Crippen LogP contribution in [0.25, 0.3) is 11.4 Å². The second kappa shape index (κ2) is 5.23. The van der Waals surface area contributed by atoms with Crippen LogP contribution in [0.4, 0.5) is 5.82 Å². The van der Waals surface area contributed by atoms with Crippen LogP contribution in [0, 0.1) is 6.92 Å². The van der Waals surface area contributed by atoms with Gasteiger partial charge in [0.05, 0.1) is 0 Å². The smallest absolute Gasteiger partial charge is 0.161 e. The molecule has 3 nitrogen and oxygen atoms in total. The molecule has 0 unspecified atom stereocenters. The fourth-order valence-corrected chi connectivity index (χ4v) is 2.03. The standard InChI is InChI=1S/C17H23N3/c1-12-11-15(20(5)6)19-16(18-12)13-7-9-14(10-8-13)17(2,3)4/h7-11H,1-6H3. The van der Waals surface area contributed by atoms with Crippen LogP contribution in [0.15, 0.2) is 30.3 Å². The van der Waals surface area contributed by atoms with E-state index in [1.807, 2.05) is 32.0 Å². The van der Waals surface area contributed by atoms with Crippen molar-refractivity contribution in [1.82, 2.24) is 9.97 Å². The summed E-state index contributed by atoms with van der Waals surface area (Å²) in [4.78, 5) is 11.2. The SMILES string of the molecule is Cc1cc(N(C)C)nc(-c2ccc(C(C)(C)C)cc2)n1. The van der Waals surface area contributed by atoms with Crippen LogP contribution in [-0.2, 0) is 5.41 Å². The van der Waals surface area contributed by atoms with Crippen molar-refractivity contribution < 1.29 is 0 Å². The zero-order valence-corrected chi connectivity index (χ0v) is 13.2. The molecule has 2 aromatic rings. The molecule has 0 aliphatic rings. The first-order valence-electron chi connectivity index (χ1n) is 6.91. The second-order valence-electron chi connectivity index (χ2n) is 6.41. The first-order valence-corrected chi connectivity index (χ1v) is 6.91. The third-order valence-corrected chi connectivity index (χ3v) is 3.31. The Bertz CT molecular complexity index is 593. The lowest BCUT2D eigenvalue weighted by molar-refractivity contribution is 0.590. The van der Waals surface area contributed by atoms with Gasteiger partial charge in [0.2, 0.25) is 0 Å². The van der Waals surface area contributed by atoms with Crippen molar-refractivity contribution in [2.75, 3.05) is 19.0 Å². The van der Waals surface area contributed by atoms with Crippen LogP contribution >= 0.6 is 0 Å². The highest BCUT2D eigenvalue weighted by molar-refractivity contribution is 5.58. The van der Waals surface area contributed by atoms with Gasteiger partial charge in [-0.1, -0.05) is 45.0 Å². The lowest BCUT2D eigenvalue weighted by Gasteiger charge is -2.19. The van der Waals surface area contributed by atoms with Crippen molar-refractivity contribution in [3.63, 3.8) is 0 Å². The van der Waals surface area contributed by atoms with E-state index in [0.717, 1.165) is 22.9 Å². The van der Waals surface area contributed by atoms with Gasteiger partial charge in [-0.2, -0.15) is 0 Å². The van der Waals surface area contributed by atoms with E-state index in [2.05, 4.69) is 55.0 Å². The van der Waals surface area contributed by atoms with E-state index in [9.17, 15) is 0 Å². The fraction of sp³-hybridized carbons (Fsp3) is 0.412. The highest BCUT2D eigenvalue weighted by Crippen LogP contribution is 2.25. The maximum absolute atomic E-state index is 4.61. The quantitative estimate of drug-likeness (QED) is 0.830. The van der Waals surface area contributed by atoms with Gasteiger partial charge in [0.15, 0.2) is 5.82 Å². The summed E-state index contributed by atoms with van der Waals surface area (Å²) in [6, 6.07) is 10.5. The van der Waals surface area contributed by atoms with Crippen molar-refractivity contribution in [2.24, 2.45) is 0 Å². The lowest BCUT2D eigenvalue weighted by atomic mass is 9.87. The second-order valence-corrected chi connectivity index (χ2v) is 6.41. The number of hydrogen-bond acceptors (Lipinski definition) is 3. The Kier molecular flexibility index (Phi) is 3.80. The van der Waals surface area contributed by atoms with E-state index in [1.54, 1.807) is 0 Å². The molecule has 106 valence electrons. The zero-order valence-electron chi connectivity index (χ0n) is 13.2. The molecule has 1 aromatic carbocycles. The van der Waals surface area contributed by atoms with Crippen molar-refractivity contribution in [3.8, 4) is 11.4 Å². The number of rotatable bonds is 2. The van der Waals surface area contributed by atoms with E-state index in [4.69, 9.17) is 0 Å². The monoisotopic (exact) mass is 269 g/mol. The molecular weight excluding hydrogens is 246 g/mol. The number of aryl methyl sites for hydroxylation is 1. The highest BCUT2D eigenvalue weighted by atomic mass is 15.1. The molecule has 1 heterocycles. The molecule has 2 rings (SSSR count). The molecule has 0 N–H and O–H groups in total. The maximum Gasteiger partial charge on any atom is 0.161 e. The van der Waals surface area contributed by atoms with Gasteiger partial charge in [-0.15, -0.1) is 0 Å². The first-order chi connectivity index (χ1) is 9.27. The van der Waals surface area contributed by atoms with Crippen LogP contribution in [0.5, 0.6) is 0 Å². The average Bonchev–Trinajstić information content (AvgIpc) is 2.37. The molecule has 0 bridgehead atoms. The zero-order chi connectivity index (χ0) is 14.9. The number of nitrogens with zero attached hydrogens (tertiary/aromatic N) is 3. The Balaban J connectivity index is 2.41. The molecular formula is C17H23N3. The minimum atomic E-state index is 0.167. The third-order valence-electron chi connectivity index (χ3n) is 3.31. The molecule has 1 aromatic heterocycles. The topological polar surface area (TPSA) is 29.0 Å². The van der Waals surface area contributed by atoms with E-state index in [1.165, 1.54) is 5.56 Å². The van der Waals surface area contributed by atoms with Gasteiger partial charge in [-0.3, -0.25) is 0 Å². The van der Waals surface area contributed by atoms with Crippen LogP contribution in [0.1, 0.15) is 32.0 Å². The summed E-state index contributed by atoms with van der Waals surface area (Å²) < 4.78 is 0. The summed E-state index contributed by atoms with van der Waals surface area (Å²) in [5.41, 5.74) is 3.53. The Morgan fingerprint density at radius 1 is 0.950 bits per heavy atom. The number of aromatic nitrogens is 2. The fourth-order valence-electron chi connectivity index (χ4n) is 2.03. The van der Waals surface area contributed by atoms with Crippen LogP contribution in [0.3, 0.4) is 0 Å². The van der Waals surface area contributed by atoms with Gasteiger partial charge in [0.1, 0.15) is 5.82 Å². The lowest BCUT2D eigenvalue weighted by Crippen LogP contribution is -2.12. The summed E-state index contributed by atoms with van der Waals surface area (Å²) in [5.74, 6) is 1.72. The van der Waals surface area contributed by atoms with Gasteiger partial charge in [0, 0.05) is 31.4 Å². The van der Waals surface area contributed by atoms with Crippen LogP contribution in [-0.4, -0.2) is 24.1 Å². The minimum Gasteiger partial charge on any atom is -0.363 e. The maximum atomic E-state index is 4.61. The highest BCUT2D eigenvalue weighted by Gasteiger charge is 2.14. The van der Waals surface area contributed by atoms with E-state index in [0.29, 0.717) is 0 Å². The Hall–Kier alpha value is -1.90. The molecule has 3 heteroatoms. The number of benzene rings is 1. The van der Waals surface area contributed by atoms with Crippen molar-refractivity contribution in [1.29, 1.82) is 0 Å². The summed E-state index contributed by atoms with van der Waals surface area (Å²) >= 11 is 0. The predicted molar refractivity (Wildman–Crippen MR) is 85.2 cm³/mol. The van der Waals surface area contributed by atoms with Gasteiger partial charge >= 0.3 is 0 Å². The summed E-state index contributed by atoms with van der Waals surface area (Å²) in [6.07, 6.45) is 0.